The van der Waals surface area contributed by atoms with Crippen molar-refractivity contribution in [1.29, 1.82) is 0 Å². The van der Waals surface area contributed by atoms with E-state index < -0.39 is 113 Å². The fraction of sp³-hybridized carbons (Fsp3) is 0.708. The number of hydrogen-bond donors (Lipinski definition) is 8. The number of Topliss-reactive ketones (excluding diaryl/α,β-unsaturated/α-hetero) is 1. The molecule has 0 unspecified atom stereocenters. The Morgan fingerprint density at radius 3 is 2.01 bits per heavy atom. The second-order valence-corrected chi connectivity index (χ2v) is 19.0. The molecule has 0 radical (unpaired) electrons. The van der Waals surface area contributed by atoms with Crippen LogP contribution in [0.4, 0.5) is 0 Å². The maximum atomic E-state index is 14.5. The summed E-state index contributed by atoms with van der Waals surface area (Å²) in [6, 6.07) is -8.68. The first-order chi connectivity index (χ1) is 32.7. The molecule has 0 aromatic carbocycles. The van der Waals surface area contributed by atoms with Crippen molar-refractivity contribution in [3.8, 4) is 0 Å². The van der Waals surface area contributed by atoms with E-state index in [4.69, 9.17) is 4.74 Å². The number of hydrogen-bond acceptors (Lipinski definition) is 16. The lowest BCUT2D eigenvalue weighted by atomic mass is 9.86. The average molecular weight is 991 g/mol. The zero-order valence-electron chi connectivity index (χ0n) is 43.0. The summed E-state index contributed by atoms with van der Waals surface area (Å²) in [4.78, 5) is 110. The normalized spacial score (nSPS) is 23.9. The molecule has 2 saturated heterocycles. The van der Waals surface area contributed by atoms with E-state index in [0.29, 0.717) is 31.4 Å². The number of methoxy groups -OCH3 is 1. The summed E-state index contributed by atoms with van der Waals surface area (Å²) in [7, 11) is 2.35. The second kappa shape index (κ2) is 25.7. The predicted molar refractivity (Wildman–Crippen MR) is 254 cm³/mol. The summed E-state index contributed by atoms with van der Waals surface area (Å²) in [5.74, 6) is -7.77. The summed E-state index contributed by atoms with van der Waals surface area (Å²) in [6.45, 7) is 18.1. The molecule has 394 valence electrons. The van der Waals surface area contributed by atoms with Crippen LogP contribution in [0.1, 0.15) is 115 Å². The first-order valence-corrected chi connectivity index (χ1v) is 24.1. The third-order valence-corrected chi connectivity index (χ3v) is 13.5. The van der Waals surface area contributed by atoms with Crippen LogP contribution in [0.3, 0.4) is 0 Å². The number of likely N-dealkylation sites (N-methyl/N-ethyl adjacent to an activating group) is 1. The molecule has 2 fully saturated rings. The third-order valence-electron chi connectivity index (χ3n) is 13.5. The molecular formula is C48H78N8O14. The maximum absolute atomic E-state index is 14.5. The van der Waals surface area contributed by atoms with Crippen LogP contribution < -0.4 is 21.5 Å². The third kappa shape index (κ3) is 13.6. The highest BCUT2D eigenvalue weighted by molar-refractivity contribution is 5.98. The Labute approximate surface area is 411 Å². The molecule has 12 atom stereocenters. The van der Waals surface area contributed by atoms with E-state index in [-0.39, 0.29) is 48.3 Å². The second-order valence-electron chi connectivity index (χ2n) is 19.0. The molecule has 22 heteroatoms. The van der Waals surface area contributed by atoms with Crippen molar-refractivity contribution in [2.24, 2.45) is 17.8 Å². The number of allylic oxidation sites excluding steroid dienone is 4. The van der Waals surface area contributed by atoms with Crippen LogP contribution >= 0.6 is 0 Å². The zero-order chi connectivity index (χ0) is 53.1. The molecule has 0 saturated carbocycles. The summed E-state index contributed by atoms with van der Waals surface area (Å²) in [6.07, 6.45) is 2.80. The number of aliphatic hydroxyl groups is 3. The number of nitrogens with zero attached hydrogens (tertiary/aromatic N) is 4. The first-order valence-electron chi connectivity index (χ1n) is 24.1. The van der Waals surface area contributed by atoms with Gasteiger partial charge in [0.05, 0.1) is 19.3 Å². The lowest BCUT2D eigenvalue weighted by molar-refractivity contribution is -0.190. The minimum Gasteiger partial charge on any atom is -0.487 e. The van der Waals surface area contributed by atoms with Crippen LogP contribution in [0, 0.1) is 17.8 Å². The van der Waals surface area contributed by atoms with Gasteiger partial charge in [0.2, 0.25) is 11.8 Å². The van der Waals surface area contributed by atoms with E-state index in [0.717, 1.165) is 27.6 Å². The highest BCUT2D eigenvalue weighted by Crippen LogP contribution is 2.35. The van der Waals surface area contributed by atoms with Crippen molar-refractivity contribution in [2.75, 3.05) is 27.2 Å². The molecule has 0 aromatic rings. The number of esters is 1. The highest BCUT2D eigenvalue weighted by atomic mass is 16.5. The zero-order valence-corrected chi connectivity index (χ0v) is 43.0. The van der Waals surface area contributed by atoms with Crippen molar-refractivity contribution in [2.45, 2.75) is 175 Å². The van der Waals surface area contributed by atoms with Crippen molar-refractivity contribution in [3.63, 3.8) is 0 Å². The molecule has 3 rings (SSSR count). The van der Waals surface area contributed by atoms with Crippen LogP contribution in [0.15, 0.2) is 35.1 Å². The average Bonchev–Trinajstić information content (AvgIpc) is 3.35. The molecule has 3 heterocycles. The van der Waals surface area contributed by atoms with Gasteiger partial charge in [-0.1, -0.05) is 46.8 Å². The molecule has 8 N–H and O–H groups in total. The number of carbonyl (C=O) groups excluding carboxylic acids is 8. The van der Waals surface area contributed by atoms with Gasteiger partial charge in [-0.2, -0.15) is 0 Å². The highest BCUT2D eigenvalue weighted by Gasteiger charge is 2.49. The van der Waals surface area contributed by atoms with Crippen LogP contribution in [-0.4, -0.2) is 175 Å². The minimum absolute atomic E-state index is 0.0146. The maximum Gasteiger partial charge on any atom is 0.331 e. The predicted octanol–water partition coefficient (Wildman–Crippen LogP) is 0.539. The number of rotatable bonds is 20. The van der Waals surface area contributed by atoms with E-state index >= 15 is 0 Å². The van der Waals surface area contributed by atoms with Crippen LogP contribution in [0.5, 0.6) is 0 Å². The van der Waals surface area contributed by atoms with Gasteiger partial charge in [-0.15, -0.1) is 0 Å². The monoisotopic (exact) mass is 991 g/mol. The van der Waals surface area contributed by atoms with Gasteiger partial charge in [0.25, 0.3) is 23.6 Å². The molecule has 22 nitrogen and oxygen atoms in total. The Balaban J connectivity index is 1.83. The number of hydroxylamine groups is 2. The van der Waals surface area contributed by atoms with Crippen molar-refractivity contribution in [3.05, 3.63) is 35.1 Å². The topological polar surface area (TPSA) is 297 Å². The molecule has 0 aromatic heterocycles. The Hall–Kier alpha value is -5.26. The van der Waals surface area contributed by atoms with Gasteiger partial charge in [0, 0.05) is 32.0 Å². The SMILES string of the molecule is C/C=C(\C)C(=O)[C@@H](C)/C=C(\C)[C@H]1OC([C@@](O)(CC)C(=O)N[C@H](C(=O)N2NCCC[C@@H]2C(=O)N(O)[C@@H](C)C(=O)N(C)[C@H](C)C(=O)N2NCCC[C@H]2C(=O)N[C@@H](C(=O)OC)[C@H](C)O)[C@@H](O)C(C)C)=CC[C@@H]1C. The lowest BCUT2D eigenvalue weighted by Gasteiger charge is -2.41. The van der Waals surface area contributed by atoms with E-state index in [1.165, 1.54) is 27.8 Å². The summed E-state index contributed by atoms with van der Waals surface area (Å²) < 4.78 is 11.0. The Morgan fingerprint density at radius 1 is 0.914 bits per heavy atom. The molecule has 0 aliphatic carbocycles. The van der Waals surface area contributed by atoms with Gasteiger partial charge in [0.1, 0.15) is 42.1 Å². The number of hydrazine groups is 2. The Bertz CT molecular complexity index is 2030. The number of amides is 6. The first kappa shape index (κ1) is 59.1. The van der Waals surface area contributed by atoms with E-state index in [1.807, 2.05) is 13.8 Å². The van der Waals surface area contributed by atoms with Gasteiger partial charge in [-0.25, -0.2) is 20.7 Å². The molecule has 3 aliphatic heterocycles. The number of aliphatic hydroxyl groups excluding tert-OH is 2. The molecule has 0 bridgehead atoms. The van der Waals surface area contributed by atoms with E-state index in [9.17, 15) is 58.9 Å². The summed E-state index contributed by atoms with van der Waals surface area (Å²) in [5.41, 5.74) is 4.69. The molecule has 3 aliphatic rings. The Morgan fingerprint density at radius 2 is 1.49 bits per heavy atom. The van der Waals surface area contributed by atoms with Gasteiger partial charge >= 0.3 is 5.97 Å². The van der Waals surface area contributed by atoms with Gasteiger partial charge in [0.15, 0.2) is 17.4 Å². The van der Waals surface area contributed by atoms with Crippen LogP contribution in [-0.2, 0) is 47.8 Å². The van der Waals surface area contributed by atoms with Crippen LogP contribution in [0.25, 0.3) is 0 Å². The summed E-state index contributed by atoms with van der Waals surface area (Å²) >= 11 is 0. The summed E-state index contributed by atoms with van der Waals surface area (Å²) in [5, 5.41) is 52.0. The Kier molecular flexibility index (Phi) is 21.7. The van der Waals surface area contributed by atoms with Crippen molar-refractivity contribution < 1.29 is 68.4 Å². The largest absolute Gasteiger partial charge is 0.487 e. The van der Waals surface area contributed by atoms with Gasteiger partial charge in [-0.05, 0) is 103 Å². The van der Waals surface area contributed by atoms with Crippen LogP contribution in [0.2, 0.25) is 0 Å². The number of ketones is 1. The van der Waals surface area contributed by atoms with Gasteiger partial charge < -0.3 is 40.3 Å². The number of carbonyl (C=O) groups is 8. The lowest BCUT2D eigenvalue weighted by Crippen LogP contribution is -2.67. The molecule has 0 spiro atoms. The standard InChI is InChI=1S/C48H78N8O14/c1-14-26(5)39(59)28(7)24-29(8)40-27(6)20-21-35(70-40)48(67,15-2)47(66)52-37(38(58)25(3)4)45(64)55-34(19-17-23-50-55)44(63)56(68)31(10)42(61)53(12)30(9)43(62)54-33(18-16-22-49-54)41(60)51-36(32(11)57)46(65)69-13/h14,21,24-25,27-28,30-34,36-38,40,49-50,57-58,67-68H,15-20,22-23H2,1-13H3,(H,51,60)(H,52,66)/b26-14+,29-24+/t27-,28-,30+,31-,32-,33-,34+,36+,37-,38-,40-,48-/m0/s1. The van der Waals surface area contributed by atoms with E-state index in [2.05, 4.69) is 26.2 Å². The molecule has 70 heavy (non-hydrogen) atoms. The minimum atomic E-state index is -2.33. The fourth-order valence-corrected chi connectivity index (χ4v) is 8.59. The van der Waals surface area contributed by atoms with Gasteiger partial charge in [-0.3, -0.25) is 48.8 Å². The van der Waals surface area contributed by atoms with Crippen molar-refractivity contribution >= 4 is 47.2 Å². The molecular weight excluding hydrogens is 913 g/mol. The molecule has 6 amide bonds. The number of nitrogens with one attached hydrogen (secondary N) is 4. The van der Waals surface area contributed by atoms with Crippen molar-refractivity contribution in [1.82, 2.24) is 41.5 Å². The number of ether oxygens (including phenoxy) is 2. The van der Waals surface area contributed by atoms with E-state index in [1.54, 1.807) is 59.8 Å². The smallest absolute Gasteiger partial charge is 0.331 e. The fourth-order valence-electron chi connectivity index (χ4n) is 8.59. The quantitative estimate of drug-likeness (QED) is 0.0272.